The zero-order valence-electron chi connectivity index (χ0n) is 12.0. The molecular formula is C15H20Cl2N2O2. The highest BCUT2D eigenvalue weighted by molar-refractivity contribution is 6.42. The summed E-state index contributed by atoms with van der Waals surface area (Å²) in [5.41, 5.74) is 5.93. The highest BCUT2D eigenvalue weighted by Crippen LogP contribution is 2.26. The summed E-state index contributed by atoms with van der Waals surface area (Å²) in [4.78, 5) is 14.0. The number of benzene rings is 1. The maximum atomic E-state index is 12.2. The highest BCUT2D eigenvalue weighted by atomic mass is 35.5. The molecule has 0 aromatic heterocycles. The van der Waals surface area contributed by atoms with Crippen molar-refractivity contribution in [2.24, 2.45) is 11.7 Å². The minimum atomic E-state index is -0.0218. The molecule has 1 aromatic carbocycles. The summed E-state index contributed by atoms with van der Waals surface area (Å²) in [5.74, 6) is 0.887. The van der Waals surface area contributed by atoms with E-state index in [1.807, 2.05) is 11.8 Å². The Morgan fingerprint density at radius 1 is 1.48 bits per heavy atom. The molecule has 0 unspecified atom stereocenters. The SMILES string of the molecule is C[C@H](N)[C@@H]1CCCN(C(=O)COc2ccc(Cl)c(Cl)c2)C1. The molecule has 1 aromatic rings. The molecule has 0 radical (unpaired) electrons. The maximum absolute atomic E-state index is 12.2. The lowest BCUT2D eigenvalue weighted by Crippen LogP contribution is -2.46. The maximum Gasteiger partial charge on any atom is 0.260 e. The molecule has 2 N–H and O–H groups in total. The zero-order chi connectivity index (χ0) is 15.4. The molecule has 0 spiro atoms. The fourth-order valence-corrected chi connectivity index (χ4v) is 2.76. The lowest BCUT2D eigenvalue weighted by atomic mass is 9.92. The van der Waals surface area contributed by atoms with Gasteiger partial charge in [-0.1, -0.05) is 23.2 Å². The van der Waals surface area contributed by atoms with Crippen LogP contribution < -0.4 is 10.5 Å². The number of amides is 1. The predicted molar refractivity (Wildman–Crippen MR) is 84.9 cm³/mol. The van der Waals surface area contributed by atoms with Crippen molar-refractivity contribution in [2.45, 2.75) is 25.8 Å². The fourth-order valence-electron chi connectivity index (χ4n) is 2.47. The number of piperidine rings is 1. The third-order valence-electron chi connectivity index (χ3n) is 3.81. The van der Waals surface area contributed by atoms with E-state index in [2.05, 4.69) is 0 Å². The van der Waals surface area contributed by atoms with Gasteiger partial charge in [-0.25, -0.2) is 0 Å². The molecule has 21 heavy (non-hydrogen) atoms. The molecule has 1 fully saturated rings. The topological polar surface area (TPSA) is 55.6 Å². The van der Waals surface area contributed by atoms with Gasteiger partial charge >= 0.3 is 0 Å². The van der Waals surface area contributed by atoms with Crippen molar-refractivity contribution in [3.05, 3.63) is 28.2 Å². The Morgan fingerprint density at radius 3 is 2.90 bits per heavy atom. The molecule has 1 saturated heterocycles. The van der Waals surface area contributed by atoms with Crippen molar-refractivity contribution >= 4 is 29.1 Å². The van der Waals surface area contributed by atoms with Gasteiger partial charge in [-0.15, -0.1) is 0 Å². The summed E-state index contributed by atoms with van der Waals surface area (Å²) in [6.07, 6.45) is 2.07. The van der Waals surface area contributed by atoms with E-state index in [1.54, 1.807) is 18.2 Å². The van der Waals surface area contributed by atoms with Crippen LogP contribution in [0.25, 0.3) is 0 Å². The van der Waals surface area contributed by atoms with Gasteiger partial charge in [0.15, 0.2) is 6.61 Å². The van der Waals surface area contributed by atoms with Crippen molar-refractivity contribution in [1.29, 1.82) is 0 Å². The van der Waals surface area contributed by atoms with E-state index in [-0.39, 0.29) is 18.6 Å². The molecule has 0 saturated carbocycles. The van der Waals surface area contributed by atoms with Crippen molar-refractivity contribution in [1.82, 2.24) is 4.90 Å². The second-order valence-electron chi connectivity index (χ2n) is 5.47. The summed E-state index contributed by atoms with van der Waals surface area (Å²) in [5, 5.41) is 0.878. The van der Waals surface area contributed by atoms with Gasteiger partial charge in [-0.2, -0.15) is 0 Å². The van der Waals surface area contributed by atoms with E-state index in [9.17, 15) is 4.79 Å². The molecular weight excluding hydrogens is 311 g/mol. The number of halogens is 2. The van der Waals surface area contributed by atoms with Crippen LogP contribution in [0.5, 0.6) is 5.75 Å². The first-order valence-electron chi connectivity index (χ1n) is 7.08. The van der Waals surface area contributed by atoms with E-state index < -0.39 is 0 Å². The van der Waals surface area contributed by atoms with Gasteiger partial charge in [-0.3, -0.25) is 4.79 Å². The Morgan fingerprint density at radius 2 is 2.24 bits per heavy atom. The standard InChI is InChI=1S/C15H20Cl2N2O2/c1-10(18)11-3-2-6-19(8-11)15(20)9-21-12-4-5-13(16)14(17)7-12/h4-5,7,10-11H,2-3,6,8-9,18H2,1H3/t10-,11+/m0/s1. The molecule has 0 bridgehead atoms. The number of ether oxygens (including phenoxy) is 1. The van der Waals surface area contributed by atoms with Gasteiger partial charge in [0.05, 0.1) is 10.0 Å². The number of likely N-dealkylation sites (tertiary alicyclic amines) is 1. The normalized spacial score (nSPS) is 20.2. The molecule has 6 heteroatoms. The monoisotopic (exact) mass is 330 g/mol. The summed E-state index contributed by atoms with van der Waals surface area (Å²) in [7, 11) is 0. The summed E-state index contributed by atoms with van der Waals surface area (Å²) >= 11 is 11.7. The van der Waals surface area contributed by atoms with Crippen molar-refractivity contribution in [2.75, 3.05) is 19.7 Å². The Kier molecular flexibility index (Phi) is 5.73. The smallest absolute Gasteiger partial charge is 0.260 e. The molecule has 1 heterocycles. The molecule has 4 nitrogen and oxygen atoms in total. The second kappa shape index (κ2) is 7.34. The third kappa shape index (κ3) is 4.50. The molecule has 0 aliphatic carbocycles. The molecule has 1 aliphatic rings. The van der Waals surface area contributed by atoms with Crippen LogP contribution in [-0.2, 0) is 4.79 Å². The second-order valence-corrected chi connectivity index (χ2v) is 6.28. The highest BCUT2D eigenvalue weighted by Gasteiger charge is 2.25. The summed E-state index contributed by atoms with van der Waals surface area (Å²) in [6, 6.07) is 5.06. The number of nitrogens with two attached hydrogens (primary N) is 1. The van der Waals surface area contributed by atoms with Crippen LogP contribution in [0.2, 0.25) is 10.0 Å². The minimum Gasteiger partial charge on any atom is -0.484 e. The van der Waals surface area contributed by atoms with Crippen LogP contribution >= 0.6 is 23.2 Å². The average molecular weight is 331 g/mol. The predicted octanol–water partition coefficient (Wildman–Crippen LogP) is 2.96. The van der Waals surface area contributed by atoms with Crippen LogP contribution in [0.3, 0.4) is 0 Å². The molecule has 2 atom stereocenters. The number of nitrogens with zero attached hydrogens (tertiary/aromatic N) is 1. The first-order valence-corrected chi connectivity index (χ1v) is 7.84. The van der Waals surface area contributed by atoms with E-state index >= 15 is 0 Å². The van der Waals surface area contributed by atoms with Crippen LogP contribution in [0.15, 0.2) is 18.2 Å². The Labute approximate surface area is 135 Å². The number of hydrogen-bond acceptors (Lipinski definition) is 3. The molecule has 116 valence electrons. The Hall–Kier alpha value is -0.970. The van der Waals surface area contributed by atoms with Gasteiger partial charge in [0.25, 0.3) is 5.91 Å². The van der Waals surface area contributed by atoms with Gasteiger partial charge in [0.2, 0.25) is 0 Å². The van der Waals surface area contributed by atoms with E-state index in [4.69, 9.17) is 33.7 Å². The fraction of sp³-hybridized carbons (Fsp3) is 0.533. The number of carbonyl (C=O) groups is 1. The van der Waals surface area contributed by atoms with Gasteiger partial charge < -0.3 is 15.4 Å². The molecule has 1 amide bonds. The van der Waals surface area contributed by atoms with E-state index in [0.29, 0.717) is 28.3 Å². The third-order valence-corrected chi connectivity index (χ3v) is 4.55. The Balaban J connectivity index is 1.87. The first kappa shape index (κ1) is 16.4. The lowest BCUT2D eigenvalue weighted by Gasteiger charge is -2.34. The van der Waals surface area contributed by atoms with Crippen LogP contribution in [0.1, 0.15) is 19.8 Å². The van der Waals surface area contributed by atoms with E-state index in [0.717, 1.165) is 19.4 Å². The van der Waals surface area contributed by atoms with Crippen LogP contribution in [-0.4, -0.2) is 36.5 Å². The summed E-state index contributed by atoms with van der Waals surface area (Å²) < 4.78 is 5.49. The summed E-state index contributed by atoms with van der Waals surface area (Å²) in [6.45, 7) is 3.47. The quantitative estimate of drug-likeness (QED) is 0.923. The van der Waals surface area contributed by atoms with Crippen molar-refractivity contribution in [3.63, 3.8) is 0 Å². The number of rotatable bonds is 4. The lowest BCUT2D eigenvalue weighted by molar-refractivity contribution is -0.135. The molecule has 2 rings (SSSR count). The zero-order valence-corrected chi connectivity index (χ0v) is 13.5. The van der Waals surface area contributed by atoms with E-state index in [1.165, 1.54) is 0 Å². The van der Waals surface area contributed by atoms with Crippen molar-refractivity contribution < 1.29 is 9.53 Å². The molecule has 1 aliphatic heterocycles. The number of carbonyl (C=O) groups excluding carboxylic acids is 1. The number of hydrogen-bond donors (Lipinski definition) is 1. The Bertz CT molecular complexity index is 508. The van der Waals surface area contributed by atoms with Crippen LogP contribution in [0, 0.1) is 5.92 Å². The first-order chi connectivity index (χ1) is 9.97. The van der Waals surface area contributed by atoms with Gasteiger partial charge in [0, 0.05) is 25.2 Å². The average Bonchev–Trinajstić information content (AvgIpc) is 2.48. The van der Waals surface area contributed by atoms with Crippen molar-refractivity contribution in [3.8, 4) is 5.75 Å². The largest absolute Gasteiger partial charge is 0.484 e. The van der Waals surface area contributed by atoms with Crippen LogP contribution in [0.4, 0.5) is 0 Å². The van der Waals surface area contributed by atoms with Gasteiger partial charge in [0.1, 0.15) is 5.75 Å². The van der Waals surface area contributed by atoms with Gasteiger partial charge in [-0.05, 0) is 37.8 Å². The minimum absolute atomic E-state index is 0.00360.